The molecule has 0 fully saturated rings. The number of benzene rings is 4. The molecule has 0 aliphatic carbocycles. The molecule has 0 radical (unpaired) electrons. The number of nitrogens with zero attached hydrogens (tertiary/aromatic N) is 1. The van der Waals surface area contributed by atoms with Crippen LogP contribution in [0.3, 0.4) is 0 Å². The van der Waals surface area contributed by atoms with Gasteiger partial charge in [-0.05, 0) is 72.3 Å². The summed E-state index contributed by atoms with van der Waals surface area (Å²) in [6.45, 7) is 1.61. The fourth-order valence-corrected chi connectivity index (χ4v) is 3.52. The summed E-state index contributed by atoms with van der Waals surface area (Å²) in [5, 5.41) is 6.90. The molecule has 1 unspecified atom stereocenters. The molecule has 6 nitrogen and oxygen atoms in total. The first-order chi connectivity index (χ1) is 16.9. The summed E-state index contributed by atoms with van der Waals surface area (Å²) in [4.78, 5) is 25.1. The number of ether oxygens (including phenoxy) is 2. The summed E-state index contributed by atoms with van der Waals surface area (Å²) in [6.07, 6.45) is 0.641. The molecule has 4 aromatic rings. The number of carbonyl (C=O) groups is 2. The van der Waals surface area contributed by atoms with Crippen molar-refractivity contribution >= 4 is 52.1 Å². The molecule has 1 amide bonds. The number of hydrogen-bond acceptors (Lipinski definition) is 5. The van der Waals surface area contributed by atoms with Crippen molar-refractivity contribution in [2.45, 2.75) is 13.0 Å². The molecule has 0 heterocycles. The molecule has 0 spiro atoms. The number of hydrogen-bond donors (Lipinski definition) is 1. The smallest absolute Gasteiger partial charge is 0.343 e. The zero-order chi connectivity index (χ0) is 24.8. The maximum Gasteiger partial charge on any atom is 0.343 e. The van der Waals surface area contributed by atoms with Gasteiger partial charge in [0.1, 0.15) is 11.5 Å². The van der Waals surface area contributed by atoms with Crippen LogP contribution in [0.1, 0.15) is 22.8 Å². The van der Waals surface area contributed by atoms with Gasteiger partial charge in [0.05, 0.1) is 11.8 Å². The average molecular weight is 507 g/mol. The summed E-state index contributed by atoms with van der Waals surface area (Å²) in [5.74, 6) is -0.185. The van der Waals surface area contributed by atoms with Gasteiger partial charge in [-0.25, -0.2) is 10.2 Å². The molecule has 1 N–H and O–H groups in total. The quantitative estimate of drug-likeness (QED) is 0.138. The summed E-state index contributed by atoms with van der Waals surface area (Å²) in [5.41, 5.74) is 3.36. The minimum Gasteiger partial charge on any atom is -0.481 e. The van der Waals surface area contributed by atoms with Crippen LogP contribution in [-0.4, -0.2) is 24.2 Å². The number of nitrogens with one attached hydrogen (secondary N) is 1. The SMILES string of the molecule is CC(Oc1ccc(Cl)cc1)C(=O)N/N=C/c1c(OC(=O)c2ccc(Cl)cc2)ccc2ccccc12. The van der Waals surface area contributed by atoms with E-state index in [0.717, 1.165) is 10.8 Å². The topological polar surface area (TPSA) is 77.0 Å². The fourth-order valence-electron chi connectivity index (χ4n) is 3.26. The molecular weight excluding hydrogens is 487 g/mol. The molecular formula is C27H20Cl2N2O4. The van der Waals surface area contributed by atoms with Gasteiger partial charge in [0.2, 0.25) is 0 Å². The van der Waals surface area contributed by atoms with Gasteiger partial charge in [0.15, 0.2) is 6.10 Å². The van der Waals surface area contributed by atoms with Gasteiger partial charge < -0.3 is 9.47 Å². The minimum absolute atomic E-state index is 0.298. The first kappa shape index (κ1) is 24.3. The molecule has 0 saturated heterocycles. The van der Waals surface area contributed by atoms with Crippen LogP contribution in [0.4, 0.5) is 0 Å². The van der Waals surface area contributed by atoms with E-state index in [1.807, 2.05) is 30.3 Å². The Morgan fingerprint density at radius 1 is 0.886 bits per heavy atom. The van der Waals surface area contributed by atoms with E-state index in [4.69, 9.17) is 32.7 Å². The third-order valence-electron chi connectivity index (χ3n) is 5.08. The Labute approximate surface area is 212 Å². The number of esters is 1. The summed E-state index contributed by atoms with van der Waals surface area (Å²) < 4.78 is 11.3. The molecule has 8 heteroatoms. The van der Waals surface area contributed by atoms with E-state index in [1.165, 1.54) is 6.21 Å². The Bertz CT molecular complexity index is 1390. The Hall–Kier alpha value is -3.87. The van der Waals surface area contributed by atoms with E-state index < -0.39 is 18.0 Å². The van der Waals surface area contributed by atoms with Crippen LogP contribution < -0.4 is 14.9 Å². The van der Waals surface area contributed by atoms with Crippen molar-refractivity contribution in [1.82, 2.24) is 5.43 Å². The van der Waals surface area contributed by atoms with E-state index in [1.54, 1.807) is 61.5 Å². The summed E-state index contributed by atoms with van der Waals surface area (Å²) in [7, 11) is 0. The maximum atomic E-state index is 12.7. The lowest BCUT2D eigenvalue weighted by molar-refractivity contribution is -0.127. The van der Waals surface area contributed by atoms with E-state index in [2.05, 4.69) is 10.5 Å². The van der Waals surface area contributed by atoms with Gasteiger partial charge in [-0.1, -0.05) is 53.5 Å². The van der Waals surface area contributed by atoms with Gasteiger partial charge in [-0.3, -0.25) is 4.79 Å². The largest absolute Gasteiger partial charge is 0.481 e. The summed E-state index contributed by atoms with van der Waals surface area (Å²) in [6, 6.07) is 24.2. The Morgan fingerprint density at radius 3 is 2.26 bits per heavy atom. The highest BCUT2D eigenvalue weighted by atomic mass is 35.5. The van der Waals surface area contributed by atoms with Gasteiger partial charge in [-0.15, -0.1) is 0 Å². The zero-order valence-electron chi connectivity index (χ0n) is 18.6. The van der Waals surface area contributed by atoms with Gasteiger partial charge in [0, 0.05) is 15.6 Å². The molecule has 35 heavy (non-hydrogen) atoms. The molecule has 4 rings (SSSR count). The molecule has 4 aromatic carbocycles. The highest BCUT2D eigenvalue weighted by Crippen LogP contribution is 2.27. The number of fused-ring (bicyclic) bond motifs is 1. The lowest BCUT2D eigenvalue weighted by atomic mass is 10.0. The highest BCUT2D eigenvalue weighted by Gasteiger charge is 2.16. The van der Waals surface area contributed by atoms with E-state index in [9.17, 15) is 9.59 Å². The van der Waals surface area contributed by atoms with Crippen LogP contribution in [-0.2, 0) is 4.79 Å². The standard InChI is InChI=1S/C27H20Cl2N2O4/c1-17(34-22-13-11-21(29)12-14-22)26(32)31-30-16-24-23-5-3-2-4-18(23)8-15-25(24)35-27(33)19-6-9-20(28)10-7-19/h2-17H,1H3,(H,31,32)/b30-16+. The van der Waals surface area contributed by atoms with Crippen molar-refractivity contribution in [2.24, 2.45) is 5.10 Å². The number of carbonyl (C=O) groups excluding carboxylic acids is 2. The third-order valence-corrected chi connectivity index (χ3v) is 5.58. The van der Waals surface area contributed by atoms with Crippen molar-refractivity contribution in [2.75, 3.05) is 0 Å². The Morgan fingerprint density at radius 2 is 1.54 bits per heavy atom. The van der Waals surface area contributed by atoms with E-state index in [0.29, 0.717) is 32.7 Å². The minimum atomic E-state index is -0.803. The van der Waals surface area contributed by atoms with Crippen LogP contribution >= 0.6 is 23.2 Å². The van der Waals surface area contributed by atoms with Gasteiger partial charge in [-0.2, -0.15) is 5.10 Å². The van der Waals surface area contributed by atoms with Crippen molar-refractivity contribution in [1.29, 1.82) is 0 Å². The predicted molar refractivity (Wildman–Crippen MR) is 138 cm³/mol. The second-order valence-corrected chi connectivity index (χ2v) is 8.42. The predicted octanol–water partition coefficient (Wildman–Crippen LogP) is 6.28. The van der Waals surface area contributed by atoms with E-state index in [-0.39, 0.29) is 0 Å². The Balaban J connectivity index is 1.52. The number of rotatable bonds is 7. The molecule has 0 bridgehead atoms. The Kier molecular flexibility index (Phi) is 7.65. The molecule has 0 aliphatic rings. The highest BCUT2D eigenvalue weighted by molar-refractivity contribution is 6.30. The number of amides is 1. The lowest BCUT2D eigenvalue weighted by Gasteiger charge is -2.13. The average Bonchev–Trinajstić information content (AvgIpc) is 2.86. The summed E-state index contributed by atoms with van der Waals surface area (Å²) >= 11 is 11.8. The first-order valence-corrected chi connectivity index (χ1v) is 11.4. The second-order valence-electron chi connectivity index (χ2n) is 7.54. The van der Waals surface area contributed by atoms with Crippen molar-refractivity contribution in [3.05, 3.63) is 106 Å². The van der Waals surface area contributed by atoms with Crippen molar-refractivity contribution in [3.63, 3.8) is 0 Å². The van der Waals surface area contributed by atoms with Crippen LogP contribution in [0, 0.1) is 0 Å². The van der Waals surface area contributed by atoms with Crippen LogP contribution in [0.15, 0.2) is 90.0 Å². The molecule has 1 atom stereocenters. The molecule has 0 aromatic heterocycles. The molecule has 0 saturated carbocycles. The van der Waals surface area contributed by atoms with Crippen LogP contribution in [0.2, 0.25) is 10.0 Å². The number of halogens is 2. The van der Waals surface area contributed by atoms with Crippen molar-refractivity contribution < 1.29 is 19.1 Å². The molecule has 0 aliphatic heterocycles. The monoisotopic (exact) mass is 506 g/mol. The second kappa shape index (κ2) is 11.0. The van der Waals surface area contributed by atoms with E-state index >= 15 is 0 Å². The molecule has 176 valence electrons. The van der Waals surface area contributed by atoms with Crippen LogP contribution in [0.25, 0.3) is 10.8 Å². The third kappa shape index (κ3) is 6.18. The van der Waals surface area contributed by atoms with Gasteiger partial charge >= 0.3 is 5.97 Å². The fraction of sp³-hybridized carbons (Fsp3) is 0.0741. The lowest BCUT2D eigenvalue weighted by Crippen LogP contribution is -2.33. The normalized spacial score (nSPS) is 11.9. The van der Waals surface area contributed by atoms with Gasteiger partial charge in [0.25, 0.3) is 5.91 Å². The van der Waals surface area contributed by atoms with Crippen molar-refractivity contribution in [3.8, 4) is 11.5 Å². The maximum absolute atomic E-state index is 12.7. The van der Waals surface area contributed by atoms with Crippen LogP contribution in [0.5, 0.6) is 11.5 Å². The zero-order valence-corrected chi connectivity index (χ0v) is 20.1. The number of hydrazone groups is 1. The first-order valence-electron chi connectivity index (χ1n) is 10.7.